The van der Waals surface area contributed by atoms with E-state index in [9.17, 15) is 9.59 Å². The zero-order chi connectivity index (χ0) is 19.9. The Morgan fingerprint density at radius 2 is 2.07 bits per heavy atom. The molecule has 1 aliphatic heterocycles. The number of carbonyl (C=O) groups is 2. The third-order valence-electron chi connectivity index (χ3n) is 5.02. The summed E-state index contributed by atoms with van der Waals surface area (Å²) in [5.74, 6) is 0.886. The van der Waals surface area contributed by atoms with Gasteiger partial charge in [-0.05, 0) is 32.0 Å². The van der Waals surface area contributed by atoms with Crippen molar-refractivity contribution in [3.8, 4) is 11.5 Å². The summed E-state index contributed by atoms with van der Waals surface area (Å²) in [5.41, 5.74) is 0.652. The standard InChI is InChI=1S/C19H26N6O3/c1-13(26)22-12-15-7-6-14(25(15)2)11-17(27)21-10-8-18-23-19(24-28-18)16-5-3-4-9-20-16/h3-5,9,14-15H,6-8,10-12H2,1-2H3,(H,21,27)(H,22,26)/t14-,15+/m0/s1. The normalized spacial score (nSPS) is 19.5. The van der Waals surface area contributed by atoms with Gasteiger partial charge in [-0.3, -0.25) is 19.5 Å². The highest BCUT2D eigenvalue weighted by Crippen LogP contribution is 2.24. The van der Waals surface area contributed by atoms with E-state index in [1.807, 2.05) is 25.2 Å². The zero-order valence-electron chi connectivity index (χ0n) is 16.2. The van der Waals surface area contributed by atoms with Gasteiger partial charge in [-0.25, -0.2) is 0 Å². The minimum absolute atomic E-state index is 0.00138. The van der Waals surface area contributed by atoms with Gasteiger partial charge < -0.3 is 15.2 Å². The van der Waals surface area contributed by atoms with Crippen LogP contribution in [0.5, 0.6) is 0 Å². The highest BCUT2D eigenvalue weighted by atomic mass is 16.5. The maximum atomic E-state index is 12.3. The molecule has 0 radical (unpaired) electrons. The number of hydrogen-bond acceptors (Lipinski definition) is 7. The van der Waals surface area contributed by atoms with Crippen LogP contribution in [0.3, 0.4) is 0 Å². The first kappa shape index (κ1) is 19.9. The molecule has 9 nitrogen and oxygen atoms in total. The molecule has 0 unspecified atom stereocenters. The van der Waals surface area contributed by atoms with Crippen LogP contribution in [-0.2, 0) is 16.0 Å². The van der Waals surface area contributed by atoms with E-state index in [0.29, 0.717) is 43.3 Å². The van der Waals surface area contributed by atoms with Crippen LogP contribution in [0.1, 0.15) is 32.1 Å². The van der Waals surface area contributed by atoms with Gasteiger partial charge in [0, 0.05) is 51.1 Å². The molecule has 9 heteroatoms. The molecule has 150 valence electrons. The summed E-state index contributed by atoms with van der Waals surface area (Å²) in [6.45, 7) is 2.58. The van der Waals surface area contributed by atoms with E-state index < -0.39 is 0 Å². The van der Waals surface area contributed by atoms with Crippen LogP contribution >= 0.6 is 0 Å². The molecule has 3 heterocycles. The minimum atomic E-state index is -0.0261. The van der Waals surface area contributed by atoms with Crippen molar-refractivity contribution in [2.75, 3.05) is 20.1 Å². The number of rotatable bonds is 8. The van der Waals surface area contributed by atoms with Gasteiger partial charge in [0.1, 0.15) is 5.69 Å². The third-order valence-corrected chi connectivity index (χ3v) is 5.02. The lowest BCUT2D eigenvalue weighted by Crippen LogP contribution is -2.42. The number of nitrogens with zero attached hydrogens (tertiary/aromatic N) is 4. The van der Waals surface area contributed by atoms with Gasteiger partial charge in [-0.2, -0.15) is 4.98 Å². The summed E-state index contributed by atoms with van der Waals surface area (Å²) in [6.07, 6.45) is 4.51. The largest absolute Gasteiger partial charge is 0.356 e. The fraction of sp³-hybridized carbons (Fsp3) is 0.526. The maximum absolute atomic E-state index is 12.3. The first-order valence-electron chi connectivity index (χ1n) is 9.50. The van der Waals surface area contributed by atoms with Crippen molar-refractivity contribution in [1.29, 1.82) is 0 Å². The third kappa shape index (κ3) is 5.35. The lowest BCUT2D eigenvalue weighted by molar-refractivity contribution is -0.122. The Kier molecular flexibility index (Phi) is 6.70. The van der Waals surface area contributed by atoms with Crippen LogP contribution in [-0.4, -0.2) is 64.1 Å². The number of likely N-dealkylation sites (tertiary alicyclic amines) is 1. The molecule has 2 amide bonds. The molecule has 2 N–H and O–H groups in total. The lowest BCUT2D eigenvalue weighted by Gasteiger charge is -2.25. The molecule has 3 rings (SSSR count). The van der Waals surface area contributed by atoms with Gasteiger partial charge in [-0.1, -0.05) is 11.2 Å². The molecule has 1 fully saturated rings. The fourth-order valence-corrected chi connectivity index (χ4v) is 3.39. The topological polar surface area (TPSA) is 113 Å². The maximum Gasteiger partial charge on any atom is 0.228 e. The highest BCUT2D eigenvalue weighted by molar-refractivity contribution is 5.76. The van der Waals surface area contributed by atoms with Crippen molar-refractivity contribution in [1.82, 2.24) is 30.7 Å². The second-order valence-corrected chi connectivity index (χ2v) is 7.02. The van der Waals surface area contributed by atoms with Gasteiger partial charge in [0.15, 0.2) is 0 Å². The molecule has 0 saturated carbocycles. The van der Waals surface area contributed by atoms with E-state index in [4.69, 9.17) is 4.52 Å². The summed E-state index contributed by atoms with van der Waals surface area (Å²) >= 11 is 0. The van der Waals surface area contributed by atoms with E-state index >= 15 is 0 Å². The number of pyridine rings is 1. The highest BCUT2D eigenvalue weighted by Gasteiger charge is 2.31. The summed E-state index contributed by atoms with van der Waals surface area (Å²) < 4.78 is 5.22. The number of hydrogen-bond donors (Lipinski definition) is 2. The number of likely N-dealkylation sites (N-methyl/N-ethyl adjacent to an activating group) is 1. The molecule has 2 aromatic rings. The number of nitrogens with one attached hydrogen (secondary N) is 2. The molecular weight excluding hydrogens is 360 g/mol. The summed E-state index contributed by atoms with van der Waals surface area (Å²) in [7, 11) is 2.01. The average molecular weight is 386 g/mol. The monoisotopic (exact) mass is 386 g/mol. The molecule has 1 saturated heterocycles. The molecule has 1 aliphatic rings. The van der Waals surface area contributed by atoms with Crippen LogP contribution in [0, 0.1) is 0 Å². The van der Waals surface area contributed by atoms with Crippen LogP contribution in [0.2, 0.25) is 0 Å². The number of aromatic nitrogens is 3. The van der Waals surface area contributed by atoms with Crippen molar-refractivity contribution in [2.45, 2.75) is 44.7 Å². The van der Waals surface area contributed by atoms with Crippen LogP contribution in [0.25, 0.3) is 11.5 Å². The Balaban J connectivity index is 1.39. The van der Waals surface area contributed by atoms with Gasteiger partial charge in [0.05, 0.1) is 0 Å². The minimum Gasteiger partial charge on any atom is -0.356 e. The molecule has 2 atom stereocenters. The Morgan fingerprint density at radius 1 is 1.25 bits per heavy atom. The summed E-state index contributed by atoms with van der Waals surface area (Å²) in [5, 5.41) is 9.68. The Morgan fingerprint density at radius 3 is 2.82 bits per heavy atom. The zero-order valence-corrected chi connectivity index (χ0v) is 16.2. The van der Waals surface area contributed by atoms with Crippen LogP contribution in [0.15, 0.2) is 28.9 Å². The SMILES string of the molecule is CC(=O)NC[C@H]1CC[C@@H](CC(=O)NCCc2nc(-c3ccccn3)no2)N1C. The fourth-order valence-electron chi connectivity index (χ4n) is 3.39. The van der Waals surface area contributed by atoms with E-state index in [2.05, 4.69) is 30.7 Å². The summed E-state index contributed by atoms with van der Waals surface area (Å²) in [6, 6.07) is 5.97. The van der Waals surface area contributed by atoms with Crippen molar-refractivity contribution in [2.24, 2.45) is 0 Å². The van der Waals surface area contributed by atoms with Gasteiger partial charge in [-0.15, -0.1) is 0 Å². The predicted octanol–water partition coefficient (Wildman–Crippen LogP) is 0.779. The van der Waals surface area contributed by atoms with Crippen molar-refractivity contribution < 1.29 is 14.1 Å². The molecule has 0 aliphatic carbocycles. The molecule has 0 bridgehead atoms. The van der Waals surface area contributed by atoms with Gasteiger partial charge in [0.25, 0.3) is 0 Å². The quantitative estimate of drug-likeness (QED) is 0.689. The average Bonchev–Trinajstić information content (AvgIpc) is 3.28. The number of amides is 2. The van der Waals surface area contributed by atoms with Gasteiger partial charge >= 0.3 is 0 Å². The smallest absolute Gasteiger partial charge is 0.228 e. The molecule has 2 aromatic heterocycles. The van der Waals surface area contributed by atoms with E-state index in [0.717, 1.165) is 12.8 Å². The lowest BCUT2D eigenvalue weighted by atomic mass is 10.1. The Bertz CT molecular complexity index is 794. The second kappa shape index (κ2) is 9.41. The summed E-state index contributed by atoms with van der Waals surface area (Å²) in [4.78, 5) is 34.0. The molecule has 28 heavy (non-hydrogen) atoms. The van der Waals surface area contributed by atoms with Crippen LogP contribution < -0.4 is 10.6 Å². The van der Waals surface area contributed by atoms with E-state index in [1.165, 1.54) is 6.92 Å². The first-order chi connectivity index (χ1) is 13.5. The first-order valence-corrected chi connectivity index (χ1v) is 9.50. The predicted molar refractivity (Wildman–Crippen MR) is 102 cm³/mol. The molecule has 0 aromatic carbocycles. The molecular formula is C19H26N6O3. The Labute approximate surface area is 163 Å². The van der Waals surface area contributed by atoms with E-state index in [1.54, 1.807) is 6.20 Å². The van der Waals surface area contributed by atoms with E-state index in [-0.39, 0.29) is 23.9 Å². The molecule has 0 spiro atoms. The van der Waals surface area contributed by atoms with Crippen molar-refractivity contribution in [3.63, 3.8) is 0 Å². The number of carbonyl (C=O) groups excluding carboxylic acids is 2. The Hall–Kier alpha value is -2.81. The van der Waals surface area contributed by atoms with Gasteiger partial charge in [0.2, 0.25) is 23.5 Å². The van der Waals surface area contributed by atoms with Crippen molar-refractivity contribution in [3.05, 3.63) is 30.3 Å². The van der Waals surface area contributed by atoms with Crippen LogP contribution in [0.4, 0.5) is 0 Å². The second-order valence-electron chi connectivity index (χ2n) is 7.02. The van der Waals surface area contributed by atoms with Crippen molar-refractivity contribution >= 4 is 11.8 Å².